The number of phenolic OH excluding ortho intramolecular Hbond substituents is 2. The van der Waals surface area contributed by atoms with Crippen molar-refractivity contribution < 1.29 is 23.2 Å². The van der Waals surface area contributed by atoms with Crippen LogP contribution in [0.1, 0.15) is 16.7 Å². The molecule has 0 bridgehead atoms. The first-order valence-electron chi connectivity index (χ1n) is 7.89. The van der Waals surface area contributed by atoms with E-state index in [-0.39, 0.29) is 42.5 Å². The first-order chi connectivity index (χ1) is 13.5. The normalized spacial score (nSPS) is 13.8. The topological polar surface area (TPSA) is 94.8 Å². The van der Waals surface area contributed by atoms with Gasteiger partial charge in [-0.25, -0.2) is 0 Å². The molecule has 0 aliphatic rings. The summed E-state index contributed by atoms with van der Waals surface area (Å²) in [5.74, 6) is -0.897. The number of benzene rings is 3. The van der Waals surface area contributed by atoms with Gasteiger partial charge in [0.2, 0.25) is 0 Å². The van der Waals surface area contributed by atoms with E-state index in [1.807, 2.05) is 0 Å². The Labute approximate surface area is 186 Å². The van der Waals surface area contributed by atoms with Crippen molar-refractivity contribution in [3.05, 3.63) is 91.4 Å². The third-order valence-corrected chi connectivity index (χ3v) is 7.08. The Morgan fingerprint density at radius 1 is 0.759 bits per heavy atom. The first kappa shape index (κ1) is 22.0. The number of phenols is 2. The first-order valence-corrected chi connectivity index (χ1v) is 10.8. The lowest BCUT2D eigenvalue weighted by Gasteiger charge is -2.33. The molecule has 29 heavy (non-hydrogen) atoms. The molecule has 0 fully saturated rings. The SMILES string of the molecule is O=S(=O)(O)C(c1cccc(O)c1)(c1ccc(Cl)c(Cl)c1)c1cc(Cl)cc(Cl)c1O. The molecule has 0 spiro atoms. The van der Waals surface area contributed by atoms with E-state index >= 15 is 0 Å². The summed E-state index contributed by atoms with van der Waals surface area (Å²) < 4.78 is 33.9. The van der Waals surface area contributed by atoms with Crippen molar-refractivity contribution in [1.82, 2.24) is 0 Å². The second-order valence-electron chi connectivity index (χ2n) is 6.12. The number of aromatic hydroxyl groups is 2. The van der Waals surface area contributed by atoms with Crippen molar-refractivity contribution in [1.29, 1.82) is 0 Å². The Hall–Kier alpha value is -1.67. The largest absolute Gasteiger partial charge is 0.508 e. The standard InChI is InChI=1S/C19H12Cl4O5S/c20-12-8-14(18(25)17(23)9-12)19(29(26,27)28,10-2-1-3-13(24)6-10)11-4-5-15(21)16(22)7-11/h1-9,24-25H,(H,26,27,28). The lowest BCUT2D eigenvalue weighted by Crippen LogP contribution is -2.38. The fourth-order valence-corrected chi connectivity index (χ4v) is 5.26. The summed E-state index contributed by atoms with van der Waals surface area (Å²) in [5.41, 5.74) is -0.484. The van der Waals surface area contributed by atoms with E-state index in [1.54, 1.807) is 0 Å². The monoisotopic (exact) mass is 492 g/mol. The third-order valence-electron chi connectivity index (χ3n) is 4.37. The molecule has 5 nitrogen and oxygen atoms in total. The van der Waals surface area contributed by atoms with Gasteiger partial charge in [-0.1, -0.05) is 64.6 Å². The van der Waals surface area contributed by atoms with Gasteiger partial charge in [0.1, 0.15) is 11.5 Å². The molecule has 0 radical (unpaired) electrons. The molecular formula is C19H12Cl4O5S. The smallest absolute Gasteiger partial charge is 0.283 e. The average Bonchev–Trinajstić information content (AvgIpc) is 2.61. The van der Waals surface area contributed by atoms with Crippen LogP contribution in [-0.4, -0.2) is 23.2 Å². The van der Waals surface area contributed by atoms with E-state index < -0.39 is 20.6 Å². The van der Waals surface area contributed by atoms with Gasteiger partial charge in [0.25, 0.3) is 10.1 Å². The maximum Gasteiger partial charge on any atom is 0.283 e. The number of rotatable bonds is 4. The Balaban J connectivity index is 2.60. The van der Waals surface area contributed by atoms with Gasteiger partial charge in [0.05, 0.1) is 15.1 Å². The van der Waals surface area contributed by atoms with E-state index in [4.69, 9.17) is 46.4 Å². The lowest BCUT2D eigenvalue weighted by atomic mass is 9.83. The number of halogens is 4. The number of hydrogen-bond donors (Lipinski definition) is 3. The molecule has 3 aromatic rings. The van der Waals surface area contributed by atoms with Crippen LogP contribution in [0.2, 0.25) is 20.1 Å². The minimum Gasteiger partial charge on any atom is -0.508 e. The molecule has 10 heteroatoms. The zero-order valence-corrected chi connectivity index (χ0v) is 18.1. The molecule has 3 aromatic carbocycles. The molecule has 0 amide bonds. The molecule has 0 saturated carbocycles. The third kappa shape index (κ3) is 3.77. The Morgan fingerprint density at radius 3 is 2.00 bits per heavy atom. The van der Waals surface area contributed by atoms with Gasteiger partial charge in [0, 0.05) is 10.6 Å². The Bertz CT molecular complexity index is 1210. The van der Waals surface area contributed by atoms with Gasteiger partial charge in [-0.05, 0) is 47.5 Å². The molecule has 152 valence electrons. The molecule has 0 aliphatic carbocycles. The van der Waals surface area contributed by atoms with Gasteiger partial charge in [0.15, 0.2) is 4.75 Å². The van der Waals surface area contributed by atoms with Crippen molar-refractivity contribution in [3.63, 3.8) is 0 Å². The van der Waals surface area contributed by atoms with Crippen molar-refractivity contribution >= 4 is 56.5 Å². The molecule has 1 atom stereocenters. The van der Waals surface area contributed by atoms with E-state index in [1.165, 1.54) is 42.5 Å². The van der Waals surface area contributed by atoms with Crippen LogP contribution in [-0.2, 0) is 14.9 Å². The minimum absolute atomic E-state index is 0.00459. The van der Waals surface area contributed by atoms with Crippen molar-refractivity contribution in [3.8, 4) is 11.5 Å². The number of hydrogen-bond acceptors (Lipinski definition) is 4. The van der Waals surface area contributed by atoms with E-state index in [2.05, 4.69) is 0 Å². The molecule has 0 saturated heterocycles. The summed E-state index contributed by atoms with van der Waals surface area (Å²) in [4.78, 5) is 0. The van der Waals surface area contributed by atoms with Gasteiger partial charge >= 0.3 is 0 Å². The maximum absolute atomic E-state index is 12.9. The van der Waals surface area contributed by atoms with Crippen LogP contribution < -0.4 is 0 Å². The predicted molar refractivity (Wildman–Crippen MR) is 114 cm³/mol. The highest BCUT2D eigenvalue weighted by molar-refractivity contribution is 7.87. The van der Waals surface area contributed by atoms with Crippen LogP contribution in [0.5, 0.6) is 11.5 Å². The quantitative estimate of drug-likeness (QED) is 0.311. The van der Waals surface area contributed by atoms with Crippen molar-refractivity contribution in [2.75, 3.05) is 0 Å². The van der Waals surface area contributed by atoms with E-state index in [0.29, 0.717) is 0 Å². The maximum atomic E-state index is 12.9. The highest BCUT2D eigenvalue weighted by Crippen LogP contribution is 2.50. The fraction of sp³-hybridized carbons (Fsp3) is 0.0526. The average molecular weight is 494 g/mol. The molecule has 3 N–H and O–H groups in total. The van der Waals surface area contributed by atoms with Gasteiger partial charge in [-0.2, -0.15) is 8.42 Å². The van der Waals surface area contributed by atoms with E-state index in [9.17, 15) is 23.2 Å². The fourth-order valence-electron chi connectivity index (χ4n) is 3.19. The molecule has 0 heterocycles. The van der Waals surface area contributed by atoms with E-state index in [0.717, 1.165) is 12.1 Å². The molecule has 0 aromatic heterocycles. The van der Waals surface area contributed by atoms with Crippen LogP contribution in [0.3, 0.4) is 0 Å². The second kappa shape index (κ2) is 7.87. The summed E-state index contributed by atoms with van der Waals surface area (Å²) in [5, 5.41) is 20.5. The summed E-state index contributed by atoms with van der Waals surface area (Å²) in [7, 11) is -5.08. The van der Waals surface area contributed by atoms with Crippen molar-refractivity contribution in [2.45, 2.75) is 4.75 Å². The van der Waals surface area contributed by atoms with Crippen molar-refractivity contribution in [2.24, 2.45) is 0 Å². The van der Waals surface area contributed by atoms with Gasteiger partial charge in [-0.15, -0.1) is 0 Å². The van der Waals surface area contributed by atoms with Crippen LogP contribution >= 0.6 is 46.4 Å². The van der Waals surface area contributed by atoms with Crippen LogP contribution in [0.25, 0.3) is 0 Å². The summed E-state index contributed by atoms with van der Waals surface area (Å²) in [6.07, 6.45) is 0. The lowest BCUT2D eigenvalue weighted by molar-refractivity contribution is 0.439. The predicted octanol–water partition coefficient (Wildman–Crippen LogP) is 5.89. The second-order valence-corrected chi connectivity index (χ2v) is 9.34. The highest BCUT2D eigenvalue weighted by Gasteiger charge is 2.51. The van der Waals surface area contributed by atoms with Gasteiger partial charge < -0.3 is 10.2 Å². The zero-order chi connectivity index (χ0) is 21.6. The Morgan fingerprint density at radius 2 is 1.41 bits per heavy atom. The van der Waals surface area contributed by atoms with Gasteiger partial charge in [-0.3, -0.25) is 4.55 Å². The molecule has 3 rings (SSSR count). The van der Waals surface area contributed by atoms with Crippen LogP contribution in [0.15, 0.2) is 54.6 Å². The molecule has 1 unspecified atom stereocenters. The summed E-state index contributed by atoms with van der Waals surface area (Å²) in [6.45, 7) is 0. The zero-order valence-electron chi connectivity index (χ0n) is 14.3. The molecule has 0 aliphatic heterocycles. The minimum atomic E-state index is -5.08. The summed E-state index contributed by atoms with van der Waals surface area (Å²) in [6, 6.07) is 11.4. The Kier molecular flexibility index (Phi) is 5.98. The summed E-state index contributed by atoms with van der Waals surface area (Å²) >= 11 is 24.2. The molecular weight excluding hydrogens is 482 g/mol. The van der Waals surface area contributed by atoms with Crippen LogP contribution in [0.4, 0.5) is 0 Å². The van der Waals surface area contributed by atoms with Crippen LogP contribution in [0, 0.1) is 0 Å². The highest BCUT2D eigenvalue weighted by atomic mass is 35.5.